The van der Waals surface area contributed by atoms with Crippen LogP contribution in [0.15, 0.2) is 18.2 Å². The van der Waals surface area contributed by atoms with Gasteiger partial charge in [0.05, 0.1) is 5.56 Å². The third-order valence-corrected chi connectivity index (χ3v) is 2.62. The van der Waals surface area contributed by atoms with Crippen LogP contribution in [0.3, 0.4) is 0 Å². The zero-order valence-electron chi connectivity index (χ0n) is 9.50. The molecule has 0 fully saturated rings. The maximum Gasteiger partial charge on any atom is 0.353 e. The molecule has 1 amide bonds. The van der Waals surface area contributed by atoms with Crippen molar-refractivity contribution in [1.29, 1.82) is 0 Å². The number of carbonyl (C=O) groups is 2. The first-order valence-electron chi connectivity index (χ1n) is 5.12. The van der Waals surface area contributed by atoms with Gasteiger partial charge in [0.25, 0.3) is 5.91 Å². The molecule has 88 valence electrons. The van der Waals surface area contributed by atoms with E-state index >= 15 is 0 Å². The molecule has 1 heterocycles. The van der Waals surface area contributed by atoms with Crippen LogP contribution in [0.1, 0.15) is 26.4 Å². The van der Waals surface area contributed by atoms with E-state index in [1.807, 2.05) is 19.1 Å². The highest BCUT2D eigenvalue weighted by Crippen LogP contribution is 2.23. The van der Waals surface area contributed by atoms with Gasteiger partial charge in [0.15, 0.2) is 0 Å². The van der Waals surface area contributed by atoms with Crippen molar-refractivity contribution in [3.63, 3.8) is 0 Å². The SMILES string of the molecule is CNC(=O)c1c(C(=O)O)[nH]c2cc(C)ccc12. The van der Waals surface area contributed by atoms with Crippen molar-refractivity contribution in [1.82, 2.24) is 10.3 Å². The zero-order chi connectivity index (χ0) is 12.6. The van der Waals surface area contributed by atoms with Crippen LogP contribution >= 0.6 is 0 Å². The summed E-state index contributed by atoms with van der Waals surface area (Å²) in [7, 11) is 1.47. The van der Waals surface area contributed by atoms with Gasteiger partial charge in [0.1, 0.15) is 5.69 Å². The lowest BCUT2D eigenvalue weighted by atomic mass is 10.1. The summed E-state index contributed by atoms with van der Waals surface area (Å²) in [5, 5.41) is 12.1. The molecule has 0 atom stereocenters. The lowest BCUT2D eigenvalue weighted by Crippen LogP contribution is -2.20. The summed E-state index contributed by atoms with van der Waals surface area (Å²) in [6.45, 7) is 1.90. The van der Waals surface area contributed by atoms with Crippen LogP contribution in [0.4, 0.5) is 0 Å². The van der Waals surface area contributed by atoms with Crippen LogP contribution in [0, 0.1) is 6.92 Å². The van der Waals surface area contributed by atoms with Gasteiger partial charge in [-0.25, -0.2) is 4.79 Å². The number of aryl methyl sites for hydroxylation is 1. The molecule has 5 heteroatoms. The number of carboxylic acid groups (broad SMARTS) is 1. The summed E-state index contributed by atoms with van der Waals surface area (Å²) in [6.07, 6.45) is 0. The minimum Gasteiger partial charge on any atom is -0.477 e. The third-order valence-electron chi connectivity index (χ3n) is 2.62. The summed E-state index contributed by atoms with van der Waals surface area (Å²) in [4.78, 5) is 25.5. The van der Waals surface area contributed by atoms with Crippen LogP contribution < -0.4 is 5.32 Å². The Morgan fingerprint density at radius 2 is 2.06 bits per heavy atom. The second-order valence-electron chi connectivity index (χ2n) is 3.81. The lowest BCUT2D eigenvalue weighted by Gasteiger charge is -1.99. The van der Waals surface area contributed by atoms with Gasteiger partial charge in [-0.3, -0.25) is 4.79 Å². The fourth-order valence-corrected chi connectivity index (χ4v) is 1.83. The predicted octanol–water partition coefficient (Wildman–Crippen LogP) is 1.53. The van der Waals surface area contributed by atoms with Crippen LogP contribution in [0.25, 0.3) is 10.9 Å². The molecule has 0 radical (unpaired) electrons. The molecule has 0 bridgehead atoms. The fraction of sp³-hybridized carbons (Fsp3) is 0.167. The highest BCUT2D eigenvalue weighted by molar-refractivity contribution is 6.14. The van der Waals surface area contributed by atoms with Gasteiger partial charge < -0.3 is 15.4 Å². The number of carboxylic acids is 1. The molecular weight excluding hydrogens is 220 g/mol. The largest absolute Gasteiger partial charge is 0.477 e. The highest BCUT2D eigenvalue weighted by atomic mass is 16.4. The second kappa shape index (κ2) is 3.93. The van der Waals surface area contributed by atoms with E-state index in [0.717, 1.165) is 5.56 Å². The van der Waals surface area contributed by atoms with E-state index in [1.165, 1.54) is 7.05 Å². The molecule has 2 rings (SSSR count). The maximum atomic E-state index is 11.7. The summed E-state index contributed by atoms with van der Waals surface area (Å²) in [5.74, 6) is -1.55. The van der Waals surface area contributed by atoms with Gasteiger partial charge in [-0.2, -0.15) is 0 Å². The van der Waals surface area contributed by atoms with Crippen LogP contribution in [-0.4, -0.2) is 29.0 Å². The zero-order valence-corrected chi connectivity index (χ0v) is 9.50. The summed E-state index contributed by atoms with van der Waals surface area (Å²) in [5.41, 5.74) is 1.75. The average Bonchev–Trinajstić information content (AvgIpc) is 2.66. The third kappa shape index (κ3) is 1.75. The molecule has 1 aromatic carbocycles. The van der Waals surface area contributed by atoms with E-state index in [0.29, 0.717) is 10.9 Å². The van der Waals surface area contributed by atoms with E-state index in [9.17, 15) is 9.59 Å². The lowest BCUT2D eigenvalue weighted by molar-refractivity contribution is 0.0686. The highest BCUT2D eigenvalue weighted by Gasteiger charge is 2.21. The number of aromatic amines is 1. The monoisotopic (exact) mass is 232 g/mol. The Balaban J connectivity index is 2.80. The fourth-order valence-electron chi connectivity index (χ4n) is 1.83. The van der Waals surface area contributed by atoms with E-state index in [4.69, 9.17) is 5.11 Å². The molecule has 17 heavy (non-hydrogen) atoms. The Bertz CT molecular complexity index is 613. The number of aromatic nitrogens is 1. The molecule has 0 spiro atoms. The molecule has 0 saturated heterocycles. The Labute approximate surface area is 97.4 Å². The summed E-state index contributed by atoms with van der Waals surface area (Å²) >= 11 is 0. The quantitative estimate of drug-likeness (QED) is 0.734. The van der Waals surface area contributed by atoms with Crippen molar-refractivity contribution in [2.24, 2.45) is 0 Å². The molecular formula is C12H12N2O3. The second-order valence-corrected chi connectivity index (χ2v) is 3.81. The number of fused-ring (bicyclic) bond motifs is 1. The van der Waals surface area contributed by atoms with Gasteiger partial charge in [0.2, 0.25) is 0 Å². The molecule has 1 aromatic heterocycles. The van der Waals surface area contributed by atoms with Crippen LogP contribution in [-0.2, 0) is 0 Å². The number of hydrogen-bond donors (Lipinski definition) is 3. The minimum absolute atomic E-state index is 0.0787. The van der Waals surface area contributed by atoms with E-state index in [-0.39, 0.29) is 11.3 Å². The standard InChI is InChI=1S/C12H12N2O3/c1-6-3-4-7-8(5-6)14-10(12(16)17)9(7)11(15)13-2/h3-5,14H,1-2H3,(H,13,15)(H,16,17). The number of amides is 1. The smallest absolute Gasteiger partial charge is 0.353 e. The Morgan fingerprint density at radius 1 is 1.35 bits per heavy atom. The van der Waals surface area contributed by atoms with Gasteiger partial charge >= 0.3 is 5.97 Å². The normalized spacial score (nSPS) is 10.5. The minimum atomic E-state index is -1.14. The number of benzene rings is 1. The summed E-state index contributed by atoms with van der Waals surface area (Å²) in [6, 6.07) is 5.40. The summed E-state index contributed by atoms with van der Waals surface area (Å²) < 4.78 is 0. The number of aromatic carboxylic acids is 1. The molecule has 2 aromatic rings. The van der Waals surface area contributed by atoms with E-state index in [2.05, 4.69) is 10.3 Å². The van der Waals surface area contributed by atoms with Crippen molar-refractivity contribution in [3.05, 3.63) is 35.0 Å². The maximum absolute atomic E-state index is 11.7. The first-order chi connectivity index (χ1) is 8.04. The van der Waals surface area contributed by atoms with Crippen molar-refractivity contribution < 1.29 is 14.7 Å². The van der Waals surface area contributed by atoms with Crippen LogP contribution in [0.2, 0.25) is 0 Å². The first-order valence-corrected chi connectivity index (χ1v) is 5.12. The number of rotatable bonds is 2. The topological polar surface area (TPSA) is 82.2 Å². The van der Waals surface area contributed by atoms with Crippen LogP contribution in [0.5, 0.6) is 0 Å². The van der Waals surface area contributed by atoms with Crippen molar-refractivity contribution >= 4 is 22.8 Å². The Morgan fingerprint density at radius 3 is 2.65 bits per heavy atom. The van der Waals surface area contributed by atoms with Gasteiger partial charge in [-0.1, -0.05) is 12.1 Å². The van der Waals surface area contributed by atoms with Gasteiger partial charge in [-0.15, -0.1) is 0 Å². The Hall–Kier alpha value is -2.30. The number of carbonyl (C=O) groups excluding carboxylic acids is 1. The molecule has 0 unspecified atom stereocenters. The van der Waals surface area contributed by atoms with E-state index < -0.39 is 11.9 Å². The van der Waals surface area contributed by atoms with Crippen molar-refractivity contribution in [2.75, 3.05) is 7.05 Å². The molecule has 0 aliphatic rings. The molecule has 0 aliphatic carbocycles. The van der Waals surface area contributed by atoms with Crippen molar-refractivity contribution in [3.8, 4) is 0 Å². The molecule has 5 nitrogen and oxygen atoms in total. The molecule has 3 N–H and O–H groups in total. The molecule has 0 saturated carbocycles. The number of H-pyrrole nitrogens is 1. The van der Waals surface area contributed by atoms with Gasteiger partial charge in [-0.05, 0) is 18.6 Å². The van der Waals surface area contributed by atoms with E-state index in [1.54, 1.807) is 6.07 Å². The van der Waals surface area contributed by atoms with Gasteiger partial charge in [0, 0.05) is 18.0 Å². The first kappa shape index (κ1) is 11.2. The average molecular weight is 232 g/mol. The van der Waals surface area contributed by atoms with Crippen molar-refractivity contribution in [2.45, 2.75) is 6.92 Å². The number of hydrogen-bond acceptors (Lipinski definition) is 2. The Kier molecular flexibility index (Phi) is 2.59. The number of nitrogens with one attached hydrogen (secondary N) is 2. The predicted molar refractivity (Wildman–Crippen MR) is 63.4 cm³/mol. The molecule has 0 aliphatic heterocycles.